The van der Waals surface area contributed by atoms with Crippen molar-refractivity contribution in [2.24, 2.45) is 11.8 Å². The first-order chi connectivity index (χ1) is 9.61. The molecule has 0 bridgehead atoms. The van der Waals surface area contributed by atoms with Crippen LogP contribution in [0.2, 0.25) is 0 Å². The molecule has 0 saturated heterocycles. The fourth-order valence-corrected chi connectivity index (χ4v) is 2.00. The van der Waals surface area contributed by atoms with Gasteiger partial charge in [-0.15, -0.1) is 6.58 Å². The normalized spacial score (nSPS) is 13.9. The molecule has 0 spiro atoms. The van der Waals surface area contributed by atoms with Crippen molar-refractivity contribution in [3.63, 3.8) is 0 Å². The van der Waals surface area contributed by atoms with Gasteiger partial charge in [-0.1, -0.05) is 62.4 Å². The van der Waals surface area contributed by atoms with E-state index in [1.807, 2.05) is 42.5 Å². The van der Waals surface area contributed by atoms with Crippen LogP contribution in [-0.4, -0.2) is 12.6 Å². The summed E-state index contributed by atoms with van der Waals surface area (Å²) in [6.07, 6.45) is 7.37. The van der Waals surface area contributed by atoms with Gasteiger partial charge in [-0.25, -0.2) is 0 Å². The van der Waals surface area contributed by atoms with Gasteiger partial charge in [0.15, 0.2) is 0 Å². The highest BCUT2D eigenvalue weighted by Crippen LogP contribution is 2.13. The van der Waals surface area contributed by atoms with Crippen molar-refractivity contribution in [3.8, 4) is 0 Å². The molecule has 0 fully saturated rings. The number of esters is 1. The predicted octanol–water partition coefficient (Wildman–Crippen LogP) is 4.18. The number of allylic oxidation sites excluding steroid dienone is 2. The maximum Gasteiger partial charge on any atom is 0.310 e. The summed E-state index contributed by atoms with van der Waals surface area (Å²) in [4.78, 5) is 11.6. The smallest absolute Gasteiger partial charge is 0.310 e. The van der Waals surface area contributed by atoms with E-state index in [2.05, 4.69) is 26.5 Å². The molecular weight excluding hydrogens is 248 g/mol. The van der Waals surface area contributed by atoms with Crippen LogP contribution in [-0.2, 0) is 16.0 Å². The molecule has 1 aromatic rings. The number of rotatable bonds is 8. The van der Waals surface area contributed by atoms with Crippen LogP contribution in [0, 0.1) is 11.8 Å². The average Bonchev–Trinajstić information content (AvgIpc) is 2.44. The van der Waals surface area contributed by atoms with Gasteiger partial charge in [0.1, 0.15) is 6.61 Å². The lowest BCUT2D eigenvalue weighted by molar-refractivity contribution is -0.141. The highest BCUT2D eigenvalue weighted by Gasteiger charge is 2.04. The second-order valence-corrected chi connectivity index (χ2v) is 5.20. The Bertz CT molecular complexity index is 434. The molecule has 0 aliphatic carbocycles. The first-order valence-corrected chi connectivity index (χ1v) is 7.10. The van der Waals surface area contributed by atoms with Gasteiger partial charge < -0.3 is 4.74 Å². The number of ether oxygens (including phenoxy) is 1. The van der Waals surface area contributed by atoms with Crippen molar-refractivity contribution in [1.82, 2.24) is 0 Å². The third-order valence-electron chi connectivity index (χ3n) is 3.14. The van der Waals surface area contributed by atoms with E-state index in [9.17, 15) is 4.79 Å². The van der Waals surface area contributed by atoms with Crippen LogP contribution in [0.4, 0.5) is 0 Å². The molecular formula is C18H24O2. The second-order valence-electron chi connectivity index (χ2n) is 5.20. The van der Waals surface area contributed by atoms with Crippen LogP contribution in [0.25, 0.3) is 0 Å². The third-order valence-corrected chi connectivity index (χ3v) is 3.14. The van der Waals surface area contributed by atoms with Gasteiger partial charge in [0.2, 0.25) is 0 Å². The minimum absolute atomic E-state index is 0.187. The molecule has 1 rings (SSSR count). The van der Waals surface area contributed by atoms with Crippen LogP contribution in [0.1, 0.15) is 25.8 Å². The largest absolute Gasteiger partial charge is 0.461 e. The molecule has 1 aromatic carbocycles. The molecule has 0 heterocycles. The van der Waals surface area contributed by atoms with Crippen LogP contribution in [0.3, 0.4) is 0 Å². The van der Waals surface area contributed by atoms with E-state index in [0.29, 0.717) is 24.9 Å². The lowest BCUT2D eigenvalue weighted by Crippen LogP contribution is -2.08. The molecule has 0 amide bonds. The second kappa shape index (κ2) is 9.13. The van der Waals surface area contributed by atoms with E-state index in [0.717, 1.165) is 12.0 Å². The Balaban J connectivity index is 2.23. The Morgan fingerprint density at radius 2 is 1.95 bits per heavy atom. The molecule has 0 aliphatic rings. The Morgan fingerprint density at radius 3 is 2.60 bits per heavy atom. The Kier molecular flexibility index (Phi) is 7.41. The number of carbonyl (C=O) groups is 1. The van der Waals surface area contributed by atoms with Crippen molar-refractivity contribution in [3.05, 3.63) is 60.7 Å². The molecule has 0 aliphatic heterocycles. The highest BCUT2D eigenvalue weighted by molar-refractivity contribution is 5.72. The van der Waals surface area contributed by atoms with Gasteiger partial charge in [0.05, 0.1) is 6.42 Å². The van der Waals surface area contributed by atoms with E-state index >= 15 is 0 Å². The van der Waals surface area contributed by atoms with Gasteiger partial charge in [-0.3, -0.25) is 4.79 Å². The Hall–Kier alpha value is -1.83. The fourth-order valence-electron chi connectivity index (χ4n) is 2.00. The first-order valence-electron chi connectivity index (χ1n) is 7.10. The molecule has 2 heteroatoms. The summed E-state index contributed by atoms with van der Waals surface area (Å²) in [5, 5.41) is 0. The van der Waals surface area contributed by atoms with Crippen molar-refractivity contribution in [2.45, 2.75) is 26.7 Å². The highest BCUT2D eigenvalue weighted by atomic mass is 16.5. The molecule has 2 unspecified atom stereocenters. The van der Waals surface area contributed by atoms with Crippen LogP contribution in [0.15, 0.2) is 55.1 Å². The minimum atomic E-state index is -0.187. The zero-order valence-electron chi connectivity index (χ0n) is 12.4. The molecule has 0 N–H and O–H groups in total. The average molecular weight is 272 g/mol. The van der Waals surface area contributed by atoms with Crippen molar-refractivity contribution in [1.29, 1.82) is 0 Å². The summed E-state index contributed by atoms with van der Waals surface area (Å²) in [6, 6.07) is 9.63. The van der Waals surface area contributed by atoms with Gasteiger partial charge in [-0.05, 0) is 23.8 Å². The number of benzene rings is 1. The SMILES string of the molecule is C=CC(C)CC(C)/C=C/COC(=O)Cc1ccccc1. The van der Waals surface area contributed by atoms with E-state index in [-0.39, 0.29) is 5.97 Å². The molecule has 0 saturated carbocycles. The third kappa shape index (κ3) is 6.93. The summed E-state index contributed by atoms with van der Waals surface area (Å²) in [7, 11) is 0. The minimum Gasteiger partial charge on any atom is -0.461 e. The number of hydrogen-bond acceptors (Lipinski definition) is 2. The van der Waals surface area contributed by atoms with Gasteiger partial charge in [0, 0.05) is 0 Å². The Morgan fingerprint density at radius 1 is 1.25 bits per heavy atom. The standard InChI is InChI=1S/C18H24O2/c1-4-15(2)13-16(3)9-8-12-20-18(19)14-17-10-6-5-7-11-17/h4-11,15-16H,1,12-14H2,2-3H3/b9-8+. The maximum atomic E-state index is 11.6. The van der Waals surface area contributed by atoms with Gasteiger partial charge in [0.25, 0.3) is 0 Å². The molecule has 2 nitrogen and oxygen atoms in total. The Labute approximate surface area is 122 Å². The lowest BCUT2D eigenvalue weighted by atomic mass is 9.97. The van der Waals surface area contributed by atoms with E-state index < -0.39 is 0 Å². The fraction of sp³-hybridized carbons (Fsp3) is 0.389. The van der Waals surface area contributed by atoms with Crippen LogP contribution >= 0.6 is 0 Å². The van der Waals surface area contributed by atoms with Crippen LogP contribution < -0.4 is 0 Å². The molecule has 0 radical (unpaired) electrons. The van der Waals surface area contributed by atoms with E-state index in [1.54, 1.807) is 0 Å². The van der Waals surface area contributed by atoms with Crippen molar-refractivity contribution < 1.29 is 9.53 Å². The van der Waals surface area contributed by atoms with Gasteiger partial charge >= 0.3 is 5.97 Å². The lowest BCUT2D eigenvalue weighted by Gasteiger charge is -2.09. The summed E-state index contributed by atoms with van der Waals surface area (Å²) in [6.45, 7) is 8.43. The predicted molar refractivity (Wildman–Crippen MR) is 83.4 cm³/mol. The molecule has 108 valence electrons. The zero-order chi connectivity index (χ0) is 14.8. The van der Waals surface area contributed by atoms with E-state index in [4.69, 9.17) is 4.74 Å². The summed E-state index contributed by atoms with van der Waals surface area (Å²) in [5.74, 6) is 0.791. The van der Waals surface area contributed by atoms with E-state index in [1.165, 1.54) is 0 Å². The van der Waals surface area contributed by atoms with Crippen LogP contribution in [0.5, 0.6) is 0 Å². The summed E-state index contributed by atoms with van der Waals surface area (Å²) >= 11 is 0. The zero-order valence-corrected chi connectivity index (χ0v) is 12.4. The maximum absolute atomic E-state index is 11.6. The first kappa shape index (κ1) is 16.2. The molecule has 2 atom stereocenters. The number of hydrogen-bond donors (Lipinski definition) is 0. The summed E-state index contributed by atoms with van der Waals surface area (Å²) in [5.41, 5.74) is 0.981. The number of carbonyl (C=O) groups excluding carboxylic acids is 1. The monoisotopic (exact) mass is 272 g/mol. The van der Waals surface area contributed by atoms with Crippen molar-refractivity contribution >= 4 is 5.97 Å². The summed E-state index contributed by atoms with van der Waals surface area (Å²) < 4.78 is 5.18. The quantitative estimate of drug-likeness (QED) is 0.524. The molecule has 0 aromatic heterocycles. The van der Waals surface area contributed by atoms with Gasteiger partial charge in [-0.2, -0.15) is 0 Å². The molecule has 20 heavy (non-hydrogen) atoms. The topological polar surface area (TPSA) is 26.3 Å². The van der Waals surface area contributed by atoms with Crippen molar-refractivity contribution in [2.75, 3.05) is 6.61 Å².